The van der Waals surface area contributed by atoms with Crippen molar-refractivity contribution < 1.29 is 9.53 Å². The van der Waals surface area contributed by atoms with Gasteiger partial charge in [-0.1, -0.05) is 34.1 Å². The molecule has 0 aromatic heterocycles. The van der Waals surface area contributed by atoms with Gasteiger partial charge in [0, 0.05) is 5.56 Å². The third-order valence-corrected chi connectivity index (χ3v) is 2.27. The maximum Gasteiger partial charge on any atom is 0.166 e. The van der Waals surface area contributed by atoms with Crippen molar-refractivity contribution in [3.05, 3.63) is 35.9 Å². The summed E-state index contributed by atoms with van der Waals surface area (Å²) >= 11 is 3.09. The molecule has 0 unspecified atom stereocenters. The summed E-state index contributed by atoms with van der Waals surface area (Å²) in [5, 5.41) is 0.346. The minimum absolute atomic E-state index is 0.0379. The first kappa shape index (κ1) is 11.0. The molecule has 0 saturated carbocycles. The number of allylic oxidation sites excluding steroid dienone is 1. The van der Waals surface area contributed by atoms with Gasteiger partial charge in [0.1, 0.15) is 5.75 Å². The van der Waals surface area contributed by atoms with E-state index >= 15 is 0 Å². The van der Waals surface area contributed by atoms with E-state index in [1.54, 1.807) is 13.2 Å². The van der Waals surface area contributed by atoms with Crippen LogP contribution in [0.3, 0.4) is 0 Å². The predicted octanol–water partition coefficient (Wildman–Crippen LogP) is 2.67. The van der Waals surface area contributed by atoms with Crippen LogP contribution in [-0.2, 0) is 4.79 Å². The van der Waals surface area contributed by atoms with Crippen molar-refractivity contribution in [1.29, 1.82) is 0 Å². The molecule has 0 spiro atoms. The number of ketones is 1. The van der Waals surface area contributed by atoms with Gasteiger partial charge in [0.15, 0.2) is 5.78 Å². The number of halogens is 1. The van der Waals surface area contributed by atoms with Crippen LogP contribution in [0.4, 0.5) is 0 Å². The first-order valence-electron chi connectivity index (χ1n) is 4.18. The fourth-order valence-corrected chi connectivity index (χ4v) is 1.22. The van der Waals surface area contributed by atoms with Crippen LogP contribution in [0, 0.1) is 0 Å². The molecule has 1 rings (SSSR count). The molecule has 0 atom stereocenters. The van der Waals surface area contributed by atoms with E-state index in [1.165, 1.54) is 6.08 Å². The molecular weight excluding hydrogens is 244 g/mol. The molecule has 0 amide bonds. The van der Waals surface area contributed by atoms with E-state index in [-0.39, 0.29) is 5.78 Å². The summed E-state index contributed by atoms with van der Waals surface area (Å²) in [5.41, 5.74) is 0.907. The van der Waals surface area contributed by atoms with Crippen molar-refractivity contribution in [2.24, 2.45) is 0 Å². The Morgan fingerprint density at radius 1 is 1.50 bits per heavy atom. The smallest absolute Gasteiger partial charge is 0.166 e. The number of ether oxygens (including phenoxy) is 1. The topological polar surface area (TPSA) is 26.3 Å². The largest absolute Gasteiger partial charge is 0.496 e. The Kier molecular flexibility index (Phi) is 4.40. The average molecular weight is 255 g/mol. The number of carbonyl (C=O) groups excluding carboxylic acids is 1. The van der Waals surface area contributed by atoms with E-state index in [2.05, 4.69) is 15.9 Å². The summed E-state index contributed by atoms with van der Waals surface area (Å²) in [6.07, 6.45) is 3.29. The van der Waals surface area contributed by atoms with Gasteiger partial charge >= 0.3 is 0 Å². The van der Waals surface area contributed by atoms with Gasteiger partial charge in [0.2, 0.25) is 0 Å². The highest BCUT2D eigenvalue weighted by Gasteiger charge is 1.97. The molecule has 0 aliphatic rings. The fourth-order valence-electron chi connectivity index (χ4n) is 1.03. The molecule has 1 aromatic carbocycles. The molecule has 3 heteroatoms. The van der Waals surface area contributed by atoms with E-state index in [4.69, 9.17) is 4.74 Å². The molecule has 0 heterocycles. The number of carbonyl (C=O) groups is 1. The summed E-state index contributed by atoms with van der Waals surface area (Å²) in [7, 11) is 1.61. The van der Waals surface area contributed by atoms with Gasteiger partial charge in [0.25, 0.3) is 0 Å². The van der Waals surface area contributed by atoms with Gasteiger partial charge in [-0.15, -0.1) is 0 Å². The van der Waals surface area contributed by atoms with Crippen LogP contribution >= 0.6 is 15.9 Å². The summed E-state index contributed by atoms with van der Waals surface area (Å²) < 4.78 is 5.14. The van der Waals surface area contributed by atoms with Crippen LogP contribution in [0.2, 0.25) is 0 Å². The lowest BCUT2D eigenvalue weighted by Gasteiger charge is -2.02. The van der Waals surface area contributed by atoms with Crippen molar-refractivity contribution in [1.82, 2.24) is 0 Å². The summed E-state index contributed by atoms with van der Waals surface area (Å²) in [6, 6.07) is 7.55. The van der Waals surface area contributed by atoms with Crippen molar-refractivity contribution in [3.8, 4) is 5.75 Å². The zero-order valence-electron chi connectivity index (χ0n) is 7.87. The van der Waals surface area contributed by atoms with E-state index in [0.29, 0.717) is 5.33 Å². The van der Waals surface area contributed by atoms with Crippen molar-refractivity contribution in [2.75, 3.05) is 12.4 Å². The van der Waals surface area contributed by atoms with E-state index in [1.807, 2.05) is 24.3 Å². The lowest BCUT2D eigenvalue weighted by molar-refractivity contribution is -0.112. The molecule has 0 fully saturated rings. The van der Waals surface area contributed by atoms with Gasteiger partial charge in [-0.05, 0) is 18.2 Å². The molecule has 0 bridgehead atoms. The third-order valence-electron chi connectivity index (χ3n) is 1.72. The second-order valence-electron chi connectivity index (χ2n) is 2.68. The first-order valence-corrected chi connectivity index (χ1v) is 5.30. The Morgan fingerprint density at radius 3 is 2.86 bits per heavy atom. The van der Waals surface area contributed by atoms with Gasteiger partial charge in [-0.3, -0.25) is 4.79 Å². The van der Waals surface area contributed by atoms with Crippen LogP contribution in [-0.4, -0.2) is 18.2 Å². The monoisotopic (exact) mass is 254 g/mol. The Hall–Kier alpha value is -1.09. The van der Waals surface area contributed by atoms with Crippen LogP contribution in [0.15, 0.2) is 30.3 Å². The molecule has 0 saturated heterocycles. The minimum Gasteiger partial charge on any atom is -0.496 e. The minimum atomic E-state index is 0.0379. The van der Waals surface area contributed by atoms with Crippen molar-refractivity contribution in [2.45, 2.75) is 0 Å². The van der Waals surface area contributed by atoms with Gasteiger partial charge < -0.3 is 4.74 Å². The highest BCUT2D eigenvalue weighted by Crippen LogP contribution is 2.18. The second-order valence-corrected chi connectivity index (χ2v) is 3.24. The van der Waals surface area contributed by atoms with E-state index in [9.17, 15) is 4.79 Å². The van der Waals surface area contributed by atoms with Crippen LogP contribution in [0.5, 0.6) is 5.75 Å². The highest BCUT2D eigenvalue weighted by molar-refractivity contribution is 9.09. The fraction of sp³-hybridized carbons (Fsp3) is 0.182. The van der Waals surface area contributed by atoms with E-state index < -0.39 is 0 Å². The Balaban J connectivity index is 2.85. The highest BCUT2D eigenvalue weighted by atomic mass is 79.9. The first-order chi connectivity index (χ1) is 6.77. The zero-order chi connectivity index (χ0) is 10.4. The van der Waals surface area contributed by atoms with Gasteiger partial charge in [-0.25, -0.2) is 0 Å². The molecule has 1 aromatic rings. The normalized spacial score (nSPS) is 10.4. The Labute approximate surface area is 91.7 Å². The summed E-state index contributed by atoms with van der Waals surface area (Å²) in [6.45, 7) is 0. The van der Waals surface area contributed by atoms with Gasteiger partial charge in [0.05, 0.1) is 12.4 Å². The number of benzene rings is 1. The quantitative estimate of drug-likeness (QED) is 0.610. The SMILES string of the molecule is COc1ccccc1/C=C/C(=O)CBr. The average Bonchev–Trinajstić information content (AvgIpc) is 2.26. The number of methoxy groups -OCH3 is 1. The van der Waals surface area contributed by atoms with Crippen LogP contribution < -0.4 is 4.74 Å². The predicted molar refractivity (Wildman–Crippen MR) is 60.8 cm³/mol. The Morgan fingerprint density at radius 2 is 2.21 bits per heavy atom. The van der Waals surface area contributed by atoms with Crippen molar-refractivity contribution >= 4 is 27.8 Å². The number of hydrogen-bond acceptors (Lipinski definition) is 2. The van der Waals surface area contributed by atoms with Crippen LogP contribution in [0.25, 0.3) is 6.08 Å². The summed E-state index contributed by atoms with van der Waals surface area (Å²) in [4.78, 5) is 11.0. The Bertz CT molecular complexity index is 345. The maximum absolute atomic E-state index is 11.0. The van der Waals surface area contributed by atoms with E-state index in [0.717, 1.165) is 11.3 Å². The lowest BCUT2D eigenvalue weighted by atomic mass is 10.2. The molecule has 0 radical (unpaired) electrons. The number of hydrogen-bond donors (Lipinski definition) is 0. The molecular formula is C11H11BrO2. The van der Waals surface area contributed by atoms with Crippen LogP contribution in [0.1, 0.15) is 5.56 Å². The van der Waals surface area contributed by atoms with Crippen molar-refractivity contribution in [3.63, 3.8) is 0 Å². The number of alkyl halides is 1. The molecule has 2 nitrogen and oxygen atoms in total. The zero-order valence-corrected chi connectivity index (χ0v) is 9.45. The number of rotatable bonds is 4. The molecule has 14 heavy (non-hydrogen) atoms. The molecule has 0 aliphatic heterocycles. The van der Waals surface area contributed by atoms with Gasteiger partial charge in [-0.2, -0.15) is 0 Å². The lowest BCUT2D eigenvalue weighted by Crippen LogP contribution is -1.92. The third kappa shape index (κ3) is 3.00. The summed E-state index contributed by atoms with van der Waals surface area (Å²) in [5.74, 6) is 0.807. The molecule has 0 aliphatic carbocycles. The molecule has 0 N–H and O–H groups in total. The number of para-hydroxylation sites is 1. The second kappa shape index (κ2) is 5.60. The molecule has 74 valence electrons. The standard InChI is InChI=1S/C11H11BrO2/c1-14-11-5-3-2-4-9(11)6-7-10(13)8-12/h2-7H,8H2,1H3/b7-6+. The maximum atomic E-state index is 11.0.